The predicted octanol–water partition coefficient (Wildman–Crippen LogP) is 9.48. The van der Waals surface area contributed by atoms with Gasteiger partial charge in [0, 0.05) is 0 Å². The number of rotatable bonds is 4. The monoisotopic (exact) mass is 572 g/mol. The van der Waals surface area contributed by atoms with Crippen LogP contribution in [-0.2, 0) is 30.7 Å². The Labute approximate surface area is 246 Å². The summed E-state index contributed by atoms with van der Waals surface area (Å²) in [4.78, 5) is 0. The quantitative estimate of drug-likeness (QED) is 0.188. The first-order valence-electron chi connectivity index (χ1n) is 12.6. The molecule has 194 valence electrons. The van der Waals surface area contributed by atoms with E-state index in [0.717, 1.165) is 18.8 Å². The van der Waals surface area contributed by atoms with Gasteiger partial charge < -0.3 is 14.9 Å². The zero-order valence-electron chi connectivity index (χ0n) is 23.2. The van der Waals surface area contributed by atoms with Crippen LogP contribution in [0.5, 0.6) is 0 Å². The molecule has 0 saturated heterocycles. The summed E-state index contributed by atoms with van der Waals surface area (Å²) in [5.41, 5.74) is 9.63. The van der Waals surface area contributed by atoms with Crippen molar-refractivity contribution in [3.05, 3.63) is 170 Å². The number of hydrogen-bond donors (Lipinski definition) is 0. The molecule has 0 heterocycles. The maximum Gasteiger partial charge on any atom is -0.0253 e. The van der Waals surface area contributed by atoms with Gasteiger partial charge in [-0.05, 0) is 6.42 Å². The minimum absolute atomic E-state index is 0. The minimum atomic E-state index is 0. The Morgan fingerprint density at radius 3 is 1.92 bits per heavy atom. The van der Waals surface area contributed by atoms with E-state index in [1.165, 1.54) is 72.8 Å². The molecule has 4 aromatic rings. The average molecular weight is 574 g/mol. The van der Waals surface area contributed by atoms with Gasteiger partial charge in [0.1, 0.15) is 0 Å². The SMILES string of the molecule is CC(C)CC1=CC[C-]=C1.[CH3-].[CH3-].[Zr]=[C](c1ccccc1)c1ccccc1.[c-]1cccc2c1Cc1ccccc1-2. The number of fused-ring (bicyclic) bond motifs is 3. The van der Waals surface area contributed by atoms with E-state index in [0.29, 0.717) is 0 Å². The molecule has 0 N–H and O–H groups in total. The van der Waals surface area contributed by atoms with Crippen LogP contribution in [0.25, 0.3) is 11.1 Å². The van der Waals surface area contributed by atoms with Crippen LogP contribution in [0, 0.1) is 32.9 Å². The van der Waals surface area contributed by atoms with Gasteiger partial charge in [0.2, 0.25) is 0 Å². The Balaban J connectivity index is 0.000000200. The van der Waals surface area contributed by atoms with Gasteiger partial charge in [0.05, 0.1) is 0 Å². The molecule has 0 nitrogen and oxygen atoms in total. The second-order valence-electron chi connectivity index (χ2n) is 9.43. The summed E-state index contributed by atoms with van der Waals surface area (Å²) in [6.07, 6.45) is 10.8. The van der Waals surface area contributed by atoms with Gasteiger partial charge in [0.15, 0.2) is 0 Å². The summed E-state index contributed by atoms with van der Waals surface area (Å²) in [6, 6.07) is 39.2. The smallest absolute Gasteiger partial charge is 0.0253 e. The van der Waals surface area contributed by atoms with Crippen molar-refractivity contribution >= 4 is 3.21 Å². The molecule has 2 aliphatic rings. The van der Waals surface area contributed by atoms with Gasteiger partial charge in [-0.15, -0.1) is 12.0 Å². The summed E-state index contributed by atoms with van der Waals surface area (Å²) in [6.45, 7) is 4.49. The third kappa shape index (κ3) is 8.85. The van der Waals surface area contributed by atoms with Crippen molar-refractivity contribution in [2.75, 3.05) is 0 Å². The summed E-state index contributed by atoms with van der Waals surface area (Å²) in [5.74, 6) is 0.785. The molecule has 0 aliphatic heterocycles. The summed E-state index contributed by atoms with van der Waals surface area (Å²) >= 11 is 1.46. The van der Waals surface area contributed by atoms with Gasteiger partial charge in [-0.1, -0.05) is 61.6 Å². The second kappa shape index (κ2) is 16.2. The van der Waals surface area contributed by atoms with Crippen LogP contribution in [-0.4, -0.2) is 3.21 Å². The van der Waals surface area contributed by atoms with E-state index in [1.54, 1.807) is 0 Å². The zero-order valence-corrected chi connectivity index (χ0v) is 25.6. The maximum absolute atomic E-state index is 3.30. The fourth-order valence-electron chi connectivity index (χ4n) is 4.43. The summed E-state index contributed by atoms with van der Waals surface area (Å²) < 4.78 is 1.42. The first-order valence-corrected chi connectivity index (χ1v) is 13.9. The third-order valence-corrected chi connectivity index (χ3v) is 7.57. The Hall–Kier alpha value is -2.89. The fraction of sp³-hybridized carbons (Fsp3) is 0.162. The molecule has 0 atom stereocenters. The molecular formula is C37H38Zr-4. The van der Waals surface area contributed by atoms with Crippen LogP contribution in [0.2, 0.25) is 0 Å². The Kier molecular flexibility index (Phi) is 13.3. The summed E-state index contributed by atoms with van der Waals surface area (Å²) in [5, 5.41) is 0. The molecule has 4 aromatic carbocycles. The number of allylic oxidation sites excluding steroid dienone is 4. The molecular weight excluding hydrogens is 536 g/mol. The Morgan fingerprint density at radius 2 is 1.34 bits per heavy atom. The van der Waals surface area contributed by atoms with Crippen LogP contribution in [0.15, 0.2) is 121 Å². The van der Waals surface area contributed by atoms with E-state index >= 15 is 0 Å². The van der Waals surface area contributed by atoms with Crippen LogP contribution < -0.4 is 0 Å². The van der Waals surface area contributed by atoms with Crippen molar-refractivity contribution in [1.82, 2.24) is 0 Å². The van der Waals surface area contributed by atoms with Crippen LogP contribution in [0.3, 0.4) is 0 Å². The summed E-state index contributed by atoms with van der Waals surface area (Å²) in [7, 11) is 0. The predicted molar refractivity (Wildman–Crippen MR) is 162 cm³/mol. The maximum atomic E-state index is 3.30. The molecule has 0 bridgehead atoms. The topological polar surface area (TPSA) is 0 Å². The third-order valence-electron chi connectivity index (χ3n) is 6.16. The molecule has 2 aliphatic carbocycles. The van der Waals surface area contributed by atoms with Gasteiger partial charge in [-0.3, -0.25) is 6.08 Å². The molecule has 6 rings (SSSR count). The second-order valence-corrected chi connectivity index (χ2v) is 10.7. The molecule has 0 saturated carbocycles. The molecule has 0 spiro atoms. The number of benzene rings is 4. The average Bonchev–Trinajstić information content (AvgIpc) is 3.57. The molecule has 0 radical (unpaired) electrons. The Bertz CT molecular complexity index is 1240. The van der Waals surface area contributed by atoms with Crippen LogP contribution in [0.4, 0.5) is 0 Å². The first-order chi connectivity index (χ1) is 17.6. The molecule has 0 aromatic heterocycles. The molecule has 0 fully saturated rings. The Morgan fingerprint density at radius 1 is 0.763 bits per heavy atom. The van der Waals surface area contributed by atoms with Gasteiger partial charge in [0.25, 0.3) is 0 Å². The van der Waals surface area contributed by atoms with Gasteiger partial charge >= 0.3 is 99.2 Å². The van der Waals surface area contributed by atoms with E-state index in [9.17, 15) is 0 Å². The normalized spacial score (nSPS) is 11.8. The van der Waals surface area contributed by atoms with Crippen molar-refractivity contribution in [2.24, 2.45) is 5.92 Å². The van der Waals surface area contributed by atoms with Crippen LogP contribution in [0.1, 0.15) is 48.9 Å². The van der Waals surface area contributed by atoms with Crippen molar-refractivity contribution in [2.45, 2.75) is 33.1 Å². The zero-order chi connectivity index (χ0) is 25.2. The minimum Gasteiger partial charge on any atom is -0.179 e. The van der Waals surface area contributed by atoms with Crippen molar-refractivity contribution < 1.29 is 24.2 Å². The van der Waals surface area contributed by atoms with E-state index in [1.807, 2.05) is 6.07 Å². The molecule has 38 heavy (non-hydrogen) atoms. The largest absolute Gasteiger partial charge is 0.179 e. The standard InChI is InChI=1S/C13H9.C13H10.C9H13.2CH3.Zr/c1-3-7-12-10(5-1)9-11-6-2-4-8-13(11)12;1-3-7-12(8-4-1)11-13-9-5-2-6-10-13;1-8(2)7-9-5-3-4-6-9;;;/h1-5,7-8H,9H2;1-10H;5-6,8H,3,7H2,1-2H3;2*1H3;/q-1;;3*-1;. The van der Waals surface area contributed by atoms with Gasteiger partial charge in [-0.25, -0.2) is 11.6 Å². The van der Waals surface area contributed by atoms with E-state index in [-0.39, 0.29) is 14.9 Å². The van der Waals surface area contributed by atoms with Crippen LogP contribution >= 0.6 is 0 Å². The number of hydrogen-bond acceptors (Lipinski definition) is 0. The van der Waals surface area contributed by atoms with Crippen molar-refractivity contribution in [3.8, 4) is 11.1 Å². The van der Waals surface area contributed by atoms with Crippen molar-refractivity contribution in [1.29, 1.82) is 0 Å². The van der Waals surface area contributed by atoms with Crippen molar-refractivity contribution in [3.63, 3.8) is 0 Å². The molecule has 0 amide bonds. The van der Waals surface area contributed by atoms with E-state index in [4.69, 9.17) is 0 Å². The van der Waals surface area contributed by atoms with E-state index < -0.39 is 0 Å². The molecule has 0 unspecified atom stereocenters. The fourth-order valence-corrected chi connectivity index (χ4v) is 5.25. The first kappa shape index (κ1) is 31.3. The van der Waals surface area contributed by atoms with Gasteiger partial charge in [-0.2, -0.15) is 35.9 Å². The molecule has 1 heteroatoms. The van der Waals surface area contributed by atoms with E-state index in [2.05, 4.69) is 135 Å².